The maximum Gasteiger partial charge on any atom is 0.110 e. The Hall–Kier alpha value is -0.280. The third-order valence-electron chi connectivity index (χ3n) is 4.99. The van der Waals surface area contributed by atoms with E-state index < -0.39 is 0 Å². The highest BCUT2D eigenvalue weighted by atomic mass is 35.5. The van der Waals surface area contributed by atoms with Crippen molar-refractivity contribution in [3.05, 3.63) is 33.8 Å². The first kappa shape index (κ1) is 12.5. The molecule has 102 valence electrons. The second kappa shape index (κ2) is 4.11. The Kier molecular flexibility index (Phi) is 2.69. The van der Waals surface area contributed by atoms with Crippen molar-refractivity contribution in [3.8, 4) is 0 Å². The molecule has 0 aromatic heterocycles. The van der Waals surface area contributed by atoms with Gasteiger partial charge in [-0.05, 0) is 43.9 Å². The van der Waals surface area contributed by atoms with Crippen LogP contribution in [0.3, 0.4) is 0 Å². The van der Waals surface area contributed by atoms with Crippen LogP contribution in [-0.4, -0.2) is 29.6 Å². The van der Waals surface area contributed by atoms with E-state index in [9.17, 15) is 0 Å². The molecule has 3 atom stereocenters. The molecule has 3 fully saturated rings. The molecular formula is C15H17Cl2NO. The number of morpholine rings is 1. The molecule has 0 spiro atoms. The van der Waals surface area contributed by atoms with Crippen molar-refractivity contribution < 1.29 is 4.74 Å². The normalized spacial score (nSPS) is 38.1. The van der Waals surface area contributed by atoms with Crippen LogP contribution in [0.15, 0.2) is 18.2 Å². The third-order valence-corrected chi connectivity index (χ3v) is 5.73. The number of nitrogens with zero attached hydrogens (tertiary/aromatic N) is 1. The number of benzene rings is 1. The van der Waals surface area contributed by atoms with Crippen LogP contribution in [0.1, 0.15) is 31.7 Å². The fraction of sp³-hybridized carbons (Fsp3) is 0.600. The van der Waals surface area contributed by atoms with E-state index in [-0.39, 0.29) is 5.60 Å². The molecule has 2 heterocycles. The number of hydrogen-bond donors (Lipinski definition) is 0. The number of rotatable bonds is 2. The quantitative estimate of drug-likeness (QED) is 0.822. The van der Waals surface area contributed by atoms with E-state index in [1.807, 2.05) is 12.1 Å². The first-order chi connectivity index (χ1) is 9.12. The number of hydrogen-bond acceptors (Lipinski definition) is 2. The number of likely N-dealkylation sites (tertiary alicyclic amines) is 1. The summed E-state index contributed by atoms with van der Waals surface area (Å²) in [6.45, 7) is 3.14. The van der Waals surface area contributed by atoms with E-state index in [1.165, 1.54) is 18.4 Å². The molecule has 0 radical (unpaired) electrons. The van der Waals surface area contributed by atoms with Gasteiger partial charge in [-0.25, -0.2) is 0 Å². The van der Waals surface area contributed by atoms with Crippen LogP contribution in [-0.2, 0) is 10.3 Å². The third kappa shape index (κ3) is 1.70. The van der Waals surface area contributed by atoms with Gasteiger partial charge in [-0.3, -0.25) is 4.90 Å². The summed E-state index contributed by atoms with van der Waals surface area (Å²) >= 11 is 12.2. The lowest BCUT2D eigenvalue weighted by atomic mass is 9.87. The van der Waals surface area contributed by atoms with Crippen molar-refractivity contribution in [2.45, 2.75) is 49.9 Å². The summed E-state index contributed by atoms with van der Waals surface area (Å²) in [6.07, 6.45) is 3.78. The highest BCUT2D eigenvalue weighted by Crippen LogP contribution is 2.53. The lowest BCUT2D eigenvalue weighted by molar-refractivity contribution is -0.0876. The van der Waals surface area contributed by atoms with Crippen molar-refractivity contribution in [1.82, 2.24) is 4.90 Å². The predicted molar refractivity (Wildman–Crippen MR) is 76.8 cm³/mol. The van der Waals surface area contributed by atoms with Crippen LogP contribution in [0, 0.1) is 0 Å². The summed E-state index contributed by atoms with van der Waals surface area (Å²) in [6, 6.07) is 7.74. The van der Waals surface area contributed by atoms with E-state index in [0.29, 0.717) is 22.1 Å². The van der Waals surface area contributed by atoms with Gasteiger partial charge in [-0.1, -0.05) is 29.3 Å². The number of fused-ring (bicyclic) bond motifs is 2. The molecule has 3 unspecified atom stereocenters. The van der Waals surface area contributed by atoms with Crippen LogP contribution in [0.5, 0.6) is 0 Å². The Bertz CT molecular complexity index is 531. The summed E-state index contributed by atoms with van der Waals surface area (Å²) in [4.78, 5) is 2.67. The molecule has 4 heteroatoms. The molecule has 2 saturated heterocycles. The van der Waals surface area contributed by atoms with Gasteiger partial charge in [0.2, 0.25) is 0 Å². The van der Waals surface area contributed by atoms with Crippen molar-refractivity contribution in [3.63, 3.8) is 0 Å². The molecule has 3 aliphatic rings. The molecule has 0 N–H and O–H groups in total. The minimum absolute atomic E-state index is 0.179. The Morgan fingerprint density at radius 3 is 2.68 bits per heavy atom. The molecule has 2 bridgehead atoms. The zero-order valence-corrected chi connectivity index (χ0v) is 12.4. The fourth-order valence-corrected chi connectivity index (χ4v) is 4.24. The van der Waals surface area contributed by atoms with E-state index in [2.05, 4.69) is 17.9 Å². The smallest absolute Gasteiger partial charge is 0.110 e. The molecular weight excluding hydrogens is 281 g/mol. The van der Waals surface area contributed by atoms with Gasteiger partial charge in [0.25, 0.3) is 0 Å². The maximum atomic E-state index is 6.20. The zero-order valence-electron chi connectivity index (χ0n) is 10.9. The summed E-state index contributed by atoms with van der Waals surface area (Å²) in [5.74, 6) is 0. The molecule has 1 aromatic rings. The van der Waals surface area contributed by atoms with Crippen molar-refractivity contribution in [2.75, 3.05) is 6.61 Å². The van der Waals surface area contributed by atoms with E-state index in [1.54, 1.807) is 0 Å². The largest absolute Gasteiger partial charge is 0.367 e. The SMILES string of the molecule is CC1N(C2CC2)C2COC1(c1ccc(Cl)c(Cl)c1)C2. The van der Waals surface area contributed by atoms with Crippen molar-refractivity contribution in [1.29, 1.82) is 0 Å². The van der Waals surface area contributed by atoms with Crippen molar-refractivity contribution >= 4 is 23.2 Å². The molecule has 1 saturated carbocycles. The average molecular weight is 298 g/mol. The zero-order chi connectivity index (χ0) is 13.2. The van der Waals surface area contributed by atoms with Crippen LogP contribution < -0.4 is 0 Å². The molecule has 2 aliphatic heterocycles. The van der Waals surface area contributed by atoms with Gasteiger partial charge < -0.3 is 4.74 Å². The highest BCUT2D eigenvalue weighted by molar-refractivity contribution is 6.42. The Balaban J connectivity index is 1.74. The van der Waals surface area contributed by atoms with E-state index in [0.717, 1.165) is 19.1 Å². The molecule has 1 aliphatic carbocycles. The van der Waals surface area contributed by atoms with Gasteiger partial charge in [0.05, 0.1) is 16.7 Å². The second-order valence-electron chi connectivity index (χ2n) is 6.04. The summed E-state index contributed by atoms with van der Waals surface area (Å²) in [7, 11) is 0. The topological polar surface area (TPSA) is 12.5 Å². The van der Waals surface area contributed by atoms with Crippen LogP contribution in [0.2, 0.25) is 10.0 Å². The lowest BCUT2D eigenvalue weighted by Crippen LogP contribution is -2.49. The Labute approximate surface area is 123 Å². The van der Waals surface area contributed by atoms with Gasteiger partial charge in [0, 0.05) is 18.1 Å². The van der Waals surface area contributed by atoms with Crippen LogP contribution in [0.4, 0.5) is 0 Å². The molecule has 4 rings (SSSR count). The maximum absolute atomic E-state index is 6.20. The predicted octanol–water partition coefficient (Wildman–Crippen LogP) is 3.84. The fourth-order valence-electron chi connectivity index (χ4n) is 3.94. The molecule has 19 heavy (non-hydrogen) atoms. The molecule has 1 aromatic carbocycles. The second-order valence-corrected chi connectivity index (χ2v) is 6.86. The van der Waals surface area contributed by atoms with Crippen LogP contribution >= 0.6 is 23.2 Å². The molecule has 2 nitrogen and oxygen atoms in total. The Morgan fingerprint density at radius 1 is 1.21 bits per heavy atom. The van der Waals surface area contributed by atoms with E-state index in [4.69, 9.17) is 27.9 Å². The van der Waals surface area contributed by atoms with Gasteiger partial charge in [0.15, 0.2) is 0 Å². The molecule has 0 amide bonds. The monoisotopic (exact) mass is 297 g/mol. The van der Waals surface area contributed by atoms with Gasteiger partial charge in [0.1, 0.15) is 5.60 Å². The van der Waals surface area contributed by atoms with Gasteiger partial charge in [-0.15, -0.1) is 0 Å². The minimum Gasteiger partial charge on any atom is -0.367 e. The Morgan fingerprint density at radius 2 is 2.00 bits per heavy atom. The average Bonchev–Trinajstić information content (AvgIpc) is 3.06. The van der Waals surface area contributed by atoms with Gasteiger partial charge >= 0.3 is 0 Å². The summed E-state index contributed by atoms with van der Waals surface area (Å²) < 4.78 is 6.20. The number of ether oxygens (including phenoxy) is 1. The summed E-state index contributed by atoms with van der Waals surface area (Å²) in [5, 5.41) is 1.23. The van der Waals surface area contributed by atoms with E-state index >= 15 is 0 Å². The van der Waals surface area contributed by atoms with Crippen molar-refractivity contribution in [2.24, 2.45) is 0 Å². The lowest BCUT2D eigenvalue weighted by Gasteiger charge is -2.40. The van der Waals surface area contributed by atoms with Crippen LogP contribution in [0.25, 0.3) is 0 Å². The first-order valence-electron chi connectivity index (χ1n) is 6.99. The standard InChI is InChI=1S/C15H17Cl2NO/c1-9-15(10-2-5-13(16)14(17)6-10)7-12(8-19-15)18(9)11-3-4-11/h2,5-6,9,11-12H,3-4,7-8H2,1H3. The van der Waals surface area contributed by atoms with Gasteiger partial charge in [-0.2, -0.15) is 0 Å². The minimum atomic E-state index is -0.179. The number of halogens is 2. The first-order valence-corrected chi connectivity index (χ1v) is 7.74. The highest BCUT2D eigenvalue weighted by Gasteiger charge is 2.59. The summed E-state index contributed by atoms with van der Waals surface area (Å²) in [5.41, 5.74) is 1.00.